The molecule has 16 heavy (non-hydrogen) atoms. The number of aromatic nitrogens is 1. The van der Waals surface area contributed by atoms with Crippen molar-refractivity contribution in [3.8, 4) is 5.75 Å². The van der Waals surface area contributed by atoms with Gasteiger partial charge in [0.25, 0.3) is 0 Å². The number of carbonyl (C=O) groups excluding carboxylic acids is 1. The van der Waals surface area contributed by atoms with Gasteiger partial charge in [-0.05, 0) is 6.07 Å². The third-order valence-electron chi connectivity index (χ3n) is 2.66. The number of fused-ring (bicyclic) bond motifs is 1. The number of rotatable bonds is 2. The van der Waals surface area contributed by atoms with Crippen LogP contribution in [0.2, 0.25) is 0 Å². The number of thiazole rings is 1. The van der Waals surface area contributed by atoms with E-state index in [1.807, 2.05) is 18.2 Å². The predicted octanol–water partition coefficient (Wildman–Crippen LogP) is 2.48. The van der Waals surface area contributed by atoms with Gasteiger partial charge >= 0.3 is 0 Å². The van der Waals surface area contributed by atoms with Crippen molar-refractivity contribution in [2.45, 2.75) is 5.92 Å². The van der Waals surface area contributed by atoms with Crippen molar-refractivity contribution in [2.75, 3.05) is 6.61 Å². The van der Waals surface area contributed by atoms with Crippen molar-refractivity contribution < 1.29 is 9.53 Å². The minimum Gasteiger partial charge on any atom is -0.492 e. The summed E-state index contributed by atoms with van der Waals surface area (Å²) in [6, 6.07) is 7.97. The summed E-state index contributed by atoms with van der Waals surface area (Å²) in [7, 11) is 0. The first-order valence-corrected chi connectivity index (χ1v) is 5.89. The molecule has 0 bridgehead atoms. The Morgan fingerprint density at radius 1 is 1.44 bits per heavy atom. The molecular weight excluding hydrogens is 222 g/mol. The van der Waals surface area contributed by atoms with Gasteiger partial charge in [0, 0.05) is 10.9 Å². The Kier molecular flexibility index (Phi) is 2.22. The van der Waals surface area contributed by atoms with E-state index in [9.17, 15) is 4.79 Å². The summed E-state index contributed by atoms with van der Waals surface area (Å²) in [6.07, 6.45) is 0.779. The van der Waals surface area contributed by atoms with Crippen LogP contribution in [0.25, 0.3) is 0 Å². The van der Waals surface area contributed by atoms with Gasteiger partial charge < -0.3 is 4.74 Å². The number of hydrogen-bond donors (Lipinski definition) is 0. The standard InChI is InChI=1S/C12H9NO2S/c14-5-8-7-16-12(13-8)10-6-15-11-4-2-1-3-9(10)11/h1-5,7,10H,6H2. The summed E-state index contributed by atoms with van der Waals surface area (Å²) < 4.78 is 5.59. The Morgan fingerprint density at radius 2 is 2.31 bits per heavy atom. The molecule has 1 unspecified atom stereocenters. The summed E-state index contributed by atoms with van der Waals surface area (Å²) in [4.78, 5) is 14.9. The SMILES string of the molecule is O=Cc1csc(C2COc3ccccc32)n1. The average molecular weight is 231 g/mol. The molecule has 2 heterocycles. The maximum Gasteiger partial charge on any atom is 0.169 e. The third-order valence-corrected chi connectivity index (χ3v) is 3.64. The molecule has 3 nitrogen and oxygen atoms in total. The van der Waals surface area contributed by atoms with Gasteiger partial charge in [0.2, 0.25) is 0 Å². The van der Waals surface area contributed by atoms with Crippen LogP contribution in [0.15, 0.2) is 29.6 Å². The molecule has 80 valence electrons. The van der Waals surface area contributed by atoms with Crippen molar-refractivity contribution >= 4 is 17.6 Å². The maximum absolute atomic E-state index is 10.6. The lowest BCUT2D eigenvalue weighted by Gasteiger charge is -2.03. The van der Waals surface area contributed by atoms with Crippen LogP contribution in [0.3, 0.4) is 0 Å². The van der Waals surface area contributed by atoms with Gasteiger partial charge in [-0.3, -0.25) is 4.79 Å². The van der Waals surface area contributed by atoms with Gasteiger partial charge in [0.1, 0.15) is 23.1 Å². The van der Waals surface area contributed by atoms with Gasteiger partial charge in [-0.2, -0.15) is 0 Å². The van der Waals surface area contributed by atoms with Crippen molar-refractivity contribution in [3.63, 3.8) is 0 Å². The van der Waals surface area contributed by atoms with Crippen LogP contribution in [0.1, 0.15) is 27.0 Å². The number of aldehydes is 1. The number of nitrogens with zero attached hydrogens (tertiary/aromatic N) is 1. The Bertz CT molecular complexity index is 535. The zero-order chi connectivity index (χ0) is 11.0. The minimum absolute atomic E-state index is 0.176. The van der Waals surface area contributed by atoms with Crippen LogP contribution in [-0.2, 0) is 0 Å². The van der Waals surface area contributed by atoms with Crippen molar-refractivity contribution in [1.29, 1.82) is 0 Å². The highest BCUT2D eigenvalue weighted by molar-refractivity contribution is 7.09. The van der Waals surface area contributed by atoms with Crippen LogP contribution < -0.4 is 4.74 Å². The smallest absolute Gasteiger partial charge is 0.169 e. The van der Waals surface area contributed by atoms with Crippen LogP contribution in [-0.4, -0.2) is 17.9 Å². The van der Waals surface area contributed by atoms with Gasteiger partial charge in [-0.25, -0.2) is 4.98 Å². The molecule has 1 aliphatic heterocycles. The fourth-order valence-corrected chi connectivity index (χ4v) is 2.75. The third kappa shape index (κ3) is 1.42. The van der Waals surface area contributed by atoms with E-state index in [0.717, 1.165) is 22.6 Å². The topological polar surface area (TPSA) is 39.2 Å². The quantitative estimate of drug-likeness (QED) is 0.745. The lowest BCUT2D eigenvalue weighted by molar-refractivity contribution is 0.111. The first kappa shape index (κ1) is 9.54. The molecule has 0 spiro atoms. The highest BCUT2D eigenvalue weighted by Crippen LogP contribution is 2.38. The Balaban J connectivity index is 2.01. The highest BCUT2D eigenvalue weighted by Gasteiger charge is 2.27. The van der Waals surface area contributed by atoms with Crippen LogP contribution in [0.5, 0.6) is 5.75 Å². The van der Waals surface area contributed by atoms with E-state index in [2.05, 4.69) is 11.1 Å². The molecule has 1 aliphatic rings. The number of carbonyl (C=O) groups is 1. The van der Waals surface area contributed by atoms with E-state index >= 15 is 0 Å². The first-order valence-electron chi connectivity index (χ1n) is 5.01. The molecule has 0 radical (unpaired) electrons. The van der Waals surface area contributed by atoms with Crippen LogP contribution in [0, 0.1) is 0 Å². The first-order chi connectivity index (χ1) is 7.88. The molecular formula is C12H9NO2S. The molecule has 1 aromatic carbocycles. The molecule has 0 saturated heterocycles. The van der Waals surface area contributed by atoms with E-state index in [4.69, 9.17) is 4.74 Å². The Morgan fingerprint density at radius 3 is 3.12 bits per heavy atom. The highest BCUT2D eigenvalue weighted by atomic mass is 32.1. The second kappa shape index (κ2) is 3.72. The van der Waals surface area contributed by atoms with Crippen LogP contribution >= 0.6 is 11.3 Å². The lowest BCUT2D eigenvalue weighted by atomic mass is 10.0. The van der Waals surface area contributed by atoms with E-state index in [0.29, 0.717) is 12.3 Å². The monoisotopic (exact) mass is 231 g/mol. The summed E-state index contributed by atoms with van der Waals surface area (Å²) in [5, 5.41) is 2.73. The van der Waals surface area contributed by atoms with Crippen molar-refractivity contribution in [3.05, 3.63) is 45.9 Å². The largest absolute Gasteiger partial charge is 0.492 e. The second-order valence-electron chi connectivity index (χ2n) is 3.63. The van der Waals surface area contributed by atoms with E-state index in [-0.39, 0.29) is 5.92 Å². The van der Waals surface area contributed by atoms with E-state index < -0.39 is 0 Å². The molecule has 1 aromatic heterocycles. The van der Waals surface area contributed by atoms with Crippen molar-refractivity contribution in [1.82, 2.24) is 4.98 Å². The van der Waals surface area contributed by atoms with E-state index in [1.54, 1.807) is 5.38 Å². The number of hydrogen-bond acceptors (Lipinski definition) is 4. The molecule has 0 amide bonds. The van der Waals surface area contributed by atoms with Gasteiger partial charge in [0.05, 0.1) is 5.92 Å². The average Bonchev–Trinajstić information content (AvgIpc) is 2.94. The summed E-state index contributed by atoms with van der Waals surface area (Å²) in [5.74, 6) is 1.10. The summed E-state index contributed by atoms with van der Waals surface area (Å²) in [6.45, 7) is 0.616. The summed E-state index contributed by atoms with van der Waals surface area (Å²) >= 11 is 1.51. The van der Waals surface area contributed by atoms with Gasteiger partial charge in [0.15, 0.2) is 6.29 Å². The van der Waals surface area contributed by atoms with Crippen molar-refractivity contribution in [2.24, 2.45) is 0 Å². The predicted molar refractivity (Wildman–Crippen MR) is 61.3 cm³/mol. The maximum atomic E-state index is 10.6. The molecule has 0 aliphatic carbocycles. The Hall–Kier alpha value is -1.68. The number of benzene rings is 1. The normalized spacial score (nSPS) is 17.9. The number of ether oxygens (including phenoxy) is 1. The molecule has 4 heteroatoms. The fourth-order valence-electron chi connectivity index (χ4n) is 1.88. The molecule has 1 atom stereocenters. The fraction of sp³-hybridized carbons (Fsp3) is 0.167. The second-order valence-corrected chi connectivity index (χ2v) is 4.52. The lowest BCUT2D eigenvalue weighted by Crippen LogP contribution is -2.02. The molecule has 0 saturated carbocycles. The summed E-state index contributed by atoms with van der Waals surface area (Å²) in [5.41, 5.74) is 1.67. The minimum atomic E-state index is 0.176. The van der Waals surface area contributed by atoms with E-state index in [1.165, 1.54) is 11.3 Å². The molecule has 0 fully saturated rings. The zero-order valence-corrected chi connectivity index (χ0v) is 9.24. The molecule has 2 aromatic rings. The van der Waals surface area contributed by atoms with Gasteiger partial charge in [-0.15, -0.1) is 11.3 Å². The molecule has 3 rings (SSSR count). The number of para-hydroxylation sites is 1. The van der Waals surface area contributed by atoms with Crippen LogP contribution in [0.4, 0.5) is 0 Å². The van der Waals surface area contributed by atoms with Gasteiger partial charge in [-0.1, -0.05) is 18.2 Å². The molecule has 0 N–H and O–H groups in total. The Labute approximate surface area is 96.7 Å². The zero-order valence-electron chi connectivity index (χ0n) is 8.42.